The number of thiazole rings is 1. The van der Waals surface area contributed by atoms with Gasteiger partial charge in [0.2, 0.25) is 5.72 Å². The van der Waals surface area contributed by atoms with Gasteiger partial charge in [-0.25, -0.2) is 14.7 Å². The van der Waals surface area contributed by atoms with Crippen LogP contribution in [0, 0.1) is 10.8 Å². The van der Waals surface area contributed by atoms with Crippen molar-refractivity contribution in [2.45, 2.75) is 72.3 Å². The van der Waals surface area contributed by atoms with E-state index in [0.717, 1.165) is 15.2 Å². The molecule has 0 spiro atoms. The minimum absolute atomic E-state index is 0.0630. The van der Waals surface area contributed by atoms with Gasteiger partial charge >= 0.3 is 6.09 Å². The SMILES string of the molecule is CC(C)(C)OC(=O)N1CC(C)(C)C2(C(C)(C)C)OOC12c1ccc(-c2nc3ccccc3s2)c(O)c1. The molecule has 3 heterocycles. The number of phenolic OH excluding ortho intramolecular Hbond substituents is 1. The number of hydrogen-bond acceptors (Lipinski definition) is 7. The van der Waals surface area contributed by atoms with Crippen molar-refractivity contribution in [1.82, 2.24) is 9.88 Å². The summed E-state index contributed by atoms with van der Waals surface area (Å²) in [6, 6.07) is 13.3. The van der Waals surface area contributed by atoms with Gasteiger partial charge in [-0.05, 0) is 45.0 Å². The van der Waals surface area contributed by atoms with E-state index in [4.69, 9.17) is 19.5 Å². The Morgan fingerprint density at radius 2 is 1.78 bits per heavy atom. The summed E-state index contributed by atoms with van der Waals surface area (Å²) in [7, 11) is 0. The number of nitrogens with zero attached hydrogens (tertiary/aromatic N) is 2. The zero-order valence-electron chi connectivity index (χ0n) is 22.1. The van der Waals surface area contributed by atoms with Gasteiger partial charge in [0.15, 0.2) is 5.60 Å². The Labute approximate surface area is 215 Å². The number of para-hydroxylation sites is 1. The summed E-state index contributed by atoms with van der Waals surface area (Å²) in [5, 5.41) is 11.9. The van der Waals surface area contributed by atoms with E-state index >= 15 is 0 Å². The average molecular weight is 511 g/mol. The summed E-state index contributed by atoms with van der Waals surface area (Å²) in [5.74, 6) is 0.0630. The van der Waals surface area contributed by atoms with Gasteiger partial charge in [0, 0.05) is 22.9 Å². The number of aromatic nitrogens is 1. The Balaban J connectivity index is 1.66. The smallest absolute Gasteiger partial charge is 0.413 e. The first-order valence-electron chi connectivity index (χ1n) is 12.2. The number of likely N-dealkylation sites (tertiary alicyclic amines) is 1. The standard InChI is InChI=1S/C28H34N2O5S/c1-24(2,3)28-26(7,8)16-30(23(32)33-25(4,5)6)27(28,34-35-28)17-13-14-18(20(31)15-17)22-29-19-11-9-10-12-21(19)36-22/h9-15,31H,16H2,1-8H3. The van der Waals surface area contributed by atoms with Crippen LogP contribution in [0.4, 0.5) is 4.79 Å². The van der Waals surface area contributed by atoms with Crippen molar-refractivity contribution in [1.29, 1.82) is 0 Å². The van der Waals surface area contributed by atoms with Crippen molar-refractivity contribution in [3.63, 3.8) is 0 Å². The molecule has 2 aromatic carbocycles. The first-order chi connectivity index (χ1) is 16.6. The summed E-state index contributed by atoms with van der Waals surface area (Å²) >= 11 is 1.52. The maximum Gasteiger partial charge on any atom is 0.413 e. The third-order valence-corrected chi connectivity index (χ3v) is 8.30. The van der Waals surface area contributed by atoms with Gasteiger partial charge < -0.3 is 9.84 Å². The van der Waals surface area contributed by atoms with Crippen LogP contribution in [-0.2, 0) is 20.2 Å². The molecule has 1 amide bonds. The molecule has 2 atom stereocenters. The van der Waals surface area contributed by atoms with E-state index in [-0.39, 0.29) is 5.75 Å². The highest BCUT2D eigenvalue weighted by Crippen LogP contribution is 2.70. The number of aromatic hydroxyl groups is 1. The minimum Gasteiger partial charge on any atom is -0.507 e. The quantitative estimate of drug-likeness (QED) is 0.380. The van der Waals surface area contributed by atoms with Crippen molar-refractivity contribution < 1.29 is 24.4 Å². The van der Waals surface area contributed by atoms with Crippen LogP contribution in [0.3, 0.4) is 0 Å². The Kier molecular flexibility index (Phi) is 5.32. The molecule has 192 valence electrons. The third kappa shape index (κ3) is 3.31. The zero-order valence-corrected chi connectivity index (χ0v) is 22.9. The fourth-order valence-corrected chi connectivity index (χ4v) is 7.10. The van der Waals surface area contributed by atoms with E-state index in [1.54, 1.807) is 11.0 Å². The number of hydrogen-bond donors (Lipinski definition) is 1. The molecule has 7 nitrogen and oxygen atoms in total. The Morgan fingerprint density at radius 1 is 1.08 bits per heavy atom. The summed E-state index contributed by atoms with van der Waals surface area (Å²) in [4.78, 5) is 31.9. The molecule has 5 rings (SSSR count). The summed E-state index contributed by atoms with van der Waals surface area (Å²) in [6.07, 6.45) is -0.486. The Morgan fingerprint density at radius 3 is 2.33 bits per heavy atom. The van der Waals surface area contributed by atoms with E-state index in [2.05, 4.69) is 34.6 Å². The molecule has 0 saturated carbocycles. The van der Waals surface area contributed by atoms with E-state index in [1.165, 1.54) is 11.3 Å². The number of rotatable bonds is 2. The number of ether oxygens (including phenoxy) is 1. The lowest BCUT2D eigenvalue weighted by Crippen LogP contribution is -2.75. The van der Waals surface area contributed by atoms with Crippen molar-refractivity contribution >= 4 is 27.6 Å². The third-order valence-electron chi connectivity index (χ3n) is 7.23. The normalized spacial score (nSPS) is 25.5. The first-order valence-corrected chi connectivity index (χ1v) is 13.0. The maximum absolute atomic E-state index is 13.6. The van der Waals surface area contributed by atoms with Crippen molar-refractivity contribution in [3.8, 4) is 16.3 Å². The minimum atomic E-state index is -1.28. The van der Waals surface area contributed by atoms with Crippen LogP contribution >= 0.6 is 11.3 Å². The van der Waals surface area contributed by atoms with Crippen LogP contribution in [0.1, 0.15) is 61.0 Å². The van der Waals surface area contributed by atoms with Gasteiger partial charge in [0.05, 0.1) is 15.8 Å². The number of carbonyl (C=O) groups excluding carboxylic acids is 1. The molecule has 0 aliphatic carbocycles. The molecule has 0 bridgehead atoms. The van der Waals surface area contributed by atoms with Crippen LogP contribution in [-0.4, -0.2) is 38.8 Å². The van der Waals surface area contributed by atoms with Gasteiger partial charge in [-0.2, -0.15) is 4.89 Å². The number of phenols is 1. The molecule has 2 aliphatic rings. The molecular weight excluding hydrogens is 476 g/mol. The highest BCUT2D eigenvalue weighted by atomic mass is 32.1. The van der Waals surface area contributed by atoms with E-state index in [0.29, 0.717) is 17.7 Å². The second kappa shape index (κ2) is 7.66. The number of carbonyl (C=O) groups is 1. The molecule has 2 saturated heterocycles. The lowest BCUT2D eigenvalue weighted by Gasteiger charge is -2.63. The Bertz CT molecular complexity index is 1320. The maximum atomic E-state index is 13.6. The molecule has 0 radical (unpaired) electrons. The van der Waals surface area contributed by atoms with Gasteiger partial charge in [-0.1, -0.05) is 52.8 Å². The molecule has 2 fully saturated rings. The van der Waals surface area contributed by atoms with E-state index in [1.807, 2.05) is 57.2 Å². The second-order valence-electron chi connectivity index (χ2n) is 12.4. The molecule has 2 aliphatic heterocycles. The number of amides is 1. The molecular formula is C28H34N2O5S. The van der Waals surface area contributed by atoms with E-state index < -0.39 is 33.9 Å². The zero-order chi connectivity index (χ0) is 26.3. The summed E-state index contributed by atoms with van der Waals surface area (Å²) in [5.41, 5.74) is -1.63. The van der Waals surface area contributed by atoms with E-state index in [9.17, 15) is 9.90 Å². The monoisotopic (exact) mass is 510 g/mol. The molecule has 2 unspecified atom stereocenters. The lowest BCUT2D eigenvalue weighted by atomic mass is 9.57. The molecule has 8 heteroatoms. The molecule has 1 N–H and O–H groups in total. The predicted molar refractivity (Wildman–Crippen MR) is 139 cm³/mol. The van der Waals surface area contributed by atoms with Gasteiger partial charge in [-0.3, -0.25) is 4.90 Å². The molecule has 3 aromatic rings. The fraction of sp³-hybridized carbons (Fsp3) is 0.500. The van der Waals surface area contributed by atoms with Crippen LogP contribution in [0.15, 0.2) is 42.5 Å². The van der Waals surface area contributed by atoms with Crippen LogP contribution in [0.5, 0.6) is 5.75 Å². The van der Waals surface area contributed by atoms with Crippen molar-refractivity contribution in [3.05, 3.63) is 48.0 Å². The van der Waals surface area contributed by atoms with Gasteiger partial charge in [0.25, 0.3) is 0 Å². The van der Waals surface area contributed by atoms with Crippen LogP contribution < -0.4 is 0 Å². The average Bonchev–Trinajstić information content (AvgIpc) is 3.19. The Hall–Kier alpha value is -2.68. The van der Waals surface area contributed by atoms with Crippen LogP contribution in [0.25, 0.3) is 20.8 Å². The fourth-order valence-electron chi connectivity index (χ4n) is 6.10. The highest BCUT2D eigenvalue weighted by molar-refractivity contribution is 7.21. The summed E-state index contributed by atoms with van der Waals surface area (Å²) in [6.45, 7) is 16.3. The van der Waals surface area contributed by atoms with Gasteiger partial charge in [0.1, 0.15) is 16.4 Å². The highest BCUT2D eigenvalue weighted by Gasteiger charge is 2.84. The van der Waals surface area contributed by atoms with Crippen molar-refractivity contribution in [2.75, 3.05) is 6.54 Å². The molecule has 36 heavy (non-hydrogen) atoms. The second-order valence-corrected chi connectivity index (χ2v) is 13.4. The summed E-state index contributed by atoms with van der Waals surface area (Å²) < 4.78 is 6.86. The predicted octanol–water partition coefficient (Wildman–Crippen LogP) is 6.85. The topological polar surface area (TPSA) is 81.1 Å². The first kappa shape index (κ1) is 25.0. The largest absolute Gasteiger partial charge is 0.507 e. The van der Waals surface area contributed by atoms with Crippen LogP contribution in [0.2, 0.25) is 0 Å². The van der Waals surface area contributed by atoms with Gasteiger partial charge in [-0.15, -0.1) is 11.3 Å². The number of benzene rings is 2. The number of fused-ring (bicyclic) bond motifs is 2. The van der Waals surface area contributed by atoms with Crippen molar-refractivity contribution in [2.24, 2.45) is 10.8 Å². The molecule has 1 aromatic heterocycles. The lowest BCUT2D eigenvalue weighted by molar-refractivity contribution is -0.604.